The Labute approximate surface area is 122 Å². The lowest BCUT2D eigenvalue weighted by Gasteiger charge is -2.27. The summed E-state index contributed by atoms with van der Waals surface area (Å²) in [6.45, 7) is 0. The van der Waals surface area contributed by atoms with Crippen molar-refractivity contribution in [3.05, 3.63) is 40.6 Å². The molecule has 1 aliphatic rings. The van der Waals surface area contributed by atoms with E-state index in [1.807, 2.05) is 0 Å². The predicted molar refractivity (Wildman–Crippen MR) is 80.3 cm³/mol. The van der Waals surface area contributed by atoms with Crippen LogP contribution in [-0.2, 0) is 0 Å². The van der Waals surface area contributed by atoms with Gasteiger partial charge in [-0.25, -0.2) is 0 Å². The highest BCUT2D eigenvalue weighted by atomic mass is 16.6. The van der Waals surface area contributed by atoms with Crippen LogP contribution in [0.15, 0.2) is 30.5 Å². The second-order valence-corrected chi connectivity index (χ2v) is 5.44. The van der Waals surface area contributed by atoms with Crippen molar-refractivity contribution < 1.29 is 10.0 Å². The number of hydrogen-bond acceptors (Lipinski definition) is 5. The number of aliphatic hydroxyl groups is 1. The van der Waals surface area contributed by atoms with Crippen LogP contribution in [0.1, 0.15) is 25.7 Å². The van der Waals surface area contributed by atoms with Gasteiger partial charge in [0.05, 0.1) is 21.9 Å². The average molecular weight is 287 g/mol. The van der Waals surface area contributed by atoms with Gasteiger partial charge in [-0.05, 0) is 49.9 Å². The molecular formula is C15H17N3O3. The molecule has 0 bridgehead atoms. The molecule has 6 heteroatoms. The van der Waals surface area contributed by atoms with Crippen molar-refractivity contribution in [1.82, 2.24) is 4.98 Å². The molecule has 0 radical (unpaired) electrons. The molecule has 1 aromatic heterocycles. The van der Waals surface area contributed by atoms with Gasteiger partial charge in [-0.1, -0.05) is 0 Å². The monoisotopic (exact) mass is 287 g/mol. The number of nitrogens with one attached hydrogen (secondary N) is 1. The van der Waals surface area contributed by atoms with Crippen molar-refractivity contribution in [2.24, 2.45) is 0 Å². The Morgan fingerprint density at radius 3 is 2.71 bits per heavy atom. The molecule has 1 aromatic carbocycles. The molecule has 0 atom stereocenters. The maximum absolute atomic E-state index is 11.4. The molecule has 0 spiro atoms. The van der Waals surface area contributed by atoms with E-state index < -0.39 is 0 Å². The molecule has 0 aliphatic heterocycles. The lowest BCUT2D eigenvalue weighted by molar-refractivity contribution is -0.382. The highest BCUT2D eigenvalue weighted by molar-refractivity contribution is 5.94. The summed E-state index contributed by atoms with van der Waals surface area (Å²) < 4.78 is 0. The van der Waals surface area contributed by atoms with Gasteiger partial charge in [-0.15, -0.1) is 0 Å². The Kier molecular flexibility index (Phi) is 3.70. The van der Waals surface area contributed by atoms with Crippen LogP contribution in [0.5, 0.6) is 0 Å². The van der Waals surface area contributed by atoms with Crippen LogP contribution in [0.2, 0.25) is 0 Å². The van der Waals surface area contributed by atoms with Gasteiger partial charge < -0.3 is 10.4 Å². The molecule has 2 N–H and O–H groups in total. The Morgan fingerprint density at radius 2 is 2.00 bits per heavy atom. The van der Waals surface area contributed by atoms with Crippen molar-refractivity contribution in [3.8, 4) is 0 Å². The summed E-state index contributed by atoms with van der Waals surface area (Å²) in [5.41, 5.74) is 1.22. The summed E-state index contributed by atoms with van der Waals surface area (Å²) in [7, 11) is 0. The zero-order valence-corrected chi connectivity index (χ0v) is 11.5. The number of anilines is 1. The van der Waals surface area contributed by atoms with Crippen LogP contribution in [-0.4, -0.2) is 27.2 Å². The molecule has 1 heterocycles. The number of pyridine rings is 1. The Hall–Kier alpha value is -2.21. The first-order chi connectivity index (χ1) is 10.1. The van der Waals surface area contributed by atoms with Crippen LogP contribution in [0, 0.1) is 10.1 Å². The molecule has 21 heavy (non-hydrogen) atoms. The minimum absolute atomic E-state index is 0.0757. The van der Waals surface area contributed by atoms with Crippen molar-refractivity contribution in [2.45, 2.75) is 37.8 Å². The molecule has 2 aromatic rings. The van der Waals surface area contributed by atoms with E-state index in [9.17, 15) is 15.2 Å². The number of nitro groups is 1. The maximum Gasteiger partial charge on any atom is 0.301 e. The first-order valence-electron chi connectivity index (χ1n) is 7.12. The van der Waals surface area contributed by atoms with E-state index in [1.54, 1.807) is 30.5 Å². The number of fused-ring (bicyclic) bond motifs is 1. The Balaban J connectivity index is 1.94. The second-order valence-electron chi connectivity index (χ2n) is 5.44. The van der Waals surface area contributed by atoms with E-state index in [0.29, 0.717) is 16.6 Å². The summed E-state index contributed by atoms with van der Waals surface area (Å²) in [5.74, 6) is 0. The first-order valence-corrected chi connectivity index (χ1v) is 7.12. The zero-order valence-electron chi connectivity index (χ0n) is 11.5. The molecule has 0 unspecified atom stereocenters. The van der Waals surface area contributed by atoms with E-state index >= 15 is 0 Å². The average Bonchev–Trinajstić information content (AvgIpc) is 2.49. The zero-order chi connectivity index (χ0) is 14.8. The van der Waals surface area contributed by atoms with Gasteiger partial charge >= 0.3 is 5.69 Å². The fourth-order valence-corrected chi connectivity index (χ4v) is 2.89. The van der Waals surface area contributed by atoms with Crippen LogP contribution in [0.4, 0.5) is 11.4 Å². The van der Waals surface area contributed by atoms with E-state index in [1.165, 1.54) is 0 Å². The van der Waals surface area contributed by atoms with Gasteiger partial charge in [0.2, 0.25) is 0 Å². The van der Waals surface area contributed by atoms with Gasteiger partial charge in [0, 0.05) is 12.2 Å². The van der Waals surface area contributed by atoms with Crippen molar-refractivity contribution in [1.29, 1.82) is 0 Å². The molecule has 0 amide bonds. The lowest BCUT2D eigenvalue weighted by atomic mass is 9.93. The summed E-state index contributed by atoms with van der Waals surface area (Å²) in [4.78, 5) is 15.2. The smallest absolute Gasteiger partial charge is 0.301 e. The van der Waals surface area contributed by atoms with Crippen LogP contribution in [0.25, 0.3) is 10.9 Å². The third-order valence-electron chi connectivity index (χ3n) is 4.00. The molecule has 3 rings (SSSR count). The normalized spacial score (nSPS) is 22.1. The van der Waals surface area contributed by atoms with Crippen molar-refractivity contribution >= 4 is 22.3 Å². The fraction of sp³-hybridized carbons (Fsp3) is 0.400. The largest absolute Gasteiger partial charge is 0.393 e. The van der Waals surface area contributed by atoms with E-state index in [2.05, 4.69) is 10.3 Å². The number of aromatic nitrogens is 1. The van der Waals surface area contributed by atoms with Crippen LogP contribution < -0.4 is 5.32 Å². The predicted octanol–water partition coefficient (Wildman–Crippen LogP) is 2.86. The third-order valence-corrected chi connectivity index (χ3v) is 4.00. The topological polar surface area (TPSA) is 88.3 Å². The molecule has 1 fully saturated rings. The molecular weight excluding hydrogens is 270 g/mol. The summed E-state index contributed by atoms with van der Waals surface area (Å²) in [6.07, 6.45) is 4.51. The van der Waals surface area contributed by atoms with Gasteiger partial charge in [0.15, 0.2) is 0 Å². The molecule has 0 saturated heterocycles. The van der Waals surface area contributed by atoms with Gasteiger partial charge in [-0.3, -0.25) is 15.1 Å². The number of rotatable bonds is 3. The minimum Gasteiger partial charge on any atom is -0.393 e. The standard InChI is InChI=1S/C15H17N3O3/c19-11-5-3-10(4-6-11)17-14-8-7-13-12(2-1-9-16-13)15(14)18(20)21/h1-2,7-11,17,19H,3-6H2. The Morgan fingerprint density at radius 1 is 1.24 bits per heavy atom. The van der Waals surface area contributed by atoms with Crippen LogP contribution >= 0.6 is 0 Å². The second kappa shape index (κ2) is 5.65. The van der Waals surface area contributed by atoms with Gasteiger partial charge in [0.25, 0.3) is 0 Å². The molecule has 1 saturated carbocycles. The number of benzene rings is 1. The van der Waals surface area contributed by atoms with Crippen LogP contribution in [0.3, 0.4) is 0 Å². The van der Waals surface area contributed by atoms with Gasteiger partial charge in [-0.2, -0.15) is 0 Å². The first kappa shape index (κ1) is 13.8. The highest BCUT2D eigenvalue weighted by Gasteiger charge is 2.24. The van der Waals surface area contributed by atoms with Crippen molar-refractivity contribution in [3.63, 3.8) is 0 Å². The van der Waals surface area contributed by atoms with E-state index in [4.69, 9.17) is 0 Å². The van der Waals surface area contributed by atoms with Crippen molar-refractivity contribution in [2.75, 3.05) is 5.32 Å². The van der Waals surface area contributed by atoms with E-state index in [0.717, 1.165) is 25.7 Å². The molecule has 6 nitrogen and oxygen atoms in total. The molecule has 110 valence electrons. The fourth-order valence-electron chi connectivity index (χ4n) is 2.89. The summed E-state index contributed by atoms with van der Waals surface area (Å²) in [6, 6.07) is 7.11. The summed E-state index contributed by atoms with van der Waals surface area (Å²) in [5, 5.41) is 24.8. The number of nitrogens with zero attached hydrogens (tertiary/aromatic N) is 2. The molecule has 1 aliphatic carbocycles. The third kappa shape index (κ3) is 2.80. The lowest BCUT2D eigenvalue weighted by Crippen LogP contribution is -2.28. The summed E-state index contributed by atoms with van der Waals surface area (Å²) >= 11 is 0. The minimum atomic E-state index is -0.357. The quantitative estimate of drug-likeness (QED) is 0.669. The maximum atomic E-state index is 11.4. The number of aliphatic hydroxyl groups excluding tert-OH is 1. The SMILES string of the molecule is O=[N+]([O-])c1c(NC2CCC(O)CC2)ccc2ncccc12. The Bertz CT molecular complexity index is 666. The van der Waals surface area contributed by atoms with Gasteiger partial charge in [0.1, 0.15) is 5.69 Å². The number of nitro benzene ring substituents is 1. The highest BCUT2D eigenvalue weighted by Crippen LogP contribution is 2.34. The van der Waals surface area contributed by atoms with E-state index in [-0.39, 0.29) is 22.8 Å². The number of hydrogen-bond donors (Lipinski definition) is 2.